The first kappa shape index (κ1) is 11.1. The minimum absolute atomic E-state index is 0.420. The predicted octanol–water partition coefficient (Wildman–Crippen LogP) is 5.10. The van der Waals surface area contributed by atoms with Crippen molar-refractivity contribution in [1.82, 2.24) is 0 Å². The summed E-state index contributed by atoms with van der Waals surface area (Å²) in [6.07, 6.45) is 24.8. The summed E-state index contributed by atoms with van der Waals surface area (Å²) >= 11 is 0. The fourth-order valence-corrected chi connectivity index (χ4v) is 3.78. The molecule has 0 heterocycles. The van der Waals surface area contributed by atoms with Crippen molar-refractivity contribution in [2.45, 2.75) is 51.4 Å². The average Bonchev–Trinajstić information content (AvgIpc) is 3.00. The molecule has 3 aliphatic carbocycles. The third-order valence-electron chi connectivity index (χ3n) is 4.73. The van der Waals surface area contributed by atoms with Gasteiger partial charge >= 0.3 is 0 Å². The van der Waals surface area contributed by atoms with Gasteiger partial charge in [0.05, 0.1) is 0 Å². The Kier molecular flexibility index (Phi) is 3.05. The molecule has 0 aliphatic heterocycles. The van der Waals surface area contributed by atoms with Gasteiger partial charge in [0.2, 0.25) is 0 Å². The molecule has 0 aromatic rings. The van der Waals surface area contributed by atoms with Crippen LogP contribution in [-0.2, 0) is 0 Å². The molecule has 0 amide bonds. The van der Waals surface area contributed by atoms with Crippen molar-refractivity contribution >= 4 is 0 Å². The maximum absolute atomic E-state index is 2.39. The van der Waals surface area contributed by atoms with E-state index >= 15 is 0 Å². The van der Waals surface area contributed by atoms with Gasteiger partial charge in [0.1, 0.15) is 0 Å². The summed E-state index contributed by atoms with van der Waals surface area (Å²) in [7, 11) is 0. The molecule has 0 radical (unpaired) electrons. The Morgan fingerprint density at radius 1 is 0.706 bits per heavy atom. The molecule has 0 atom stereocenters. The zero-order chi connectivity index (χ0) is 11.6. The van der Waals surface area contributed by atoms with E-state index in [4.69, 9.17) is 0 Å². The third kappa shape index (κ3) is 1.94. The summed E-state index contributed by atoms with van der Waals surface area (Å²) in [5.41, 5.74) is 3.80. The van der Waals surface area contributed by atoms with Crippen LogP contribution in [0.25, 0.3) is 0 Å². The zero-order valence-electron chi connectivity index (χ0n) is 10.6. The van der Waals surface area contributed by atoms with Crippen molar-refractivity contribution in [2.24, 2.45) is 5.41 Å². The van der Waals surface area contributed by atoms with Crippen LogP contribution >= 0.6 is 0 Å². The highest BCUT2D eigenvalue weighted by Crippen LogP contribution is 2.51. The van der Waals surface area contributed by atoms with Crippen molar-refractivity contribution in [1.29, 1.82) is 0 Å². The lowest BCUT2D eigenvalue weighted by Crippen LogP contribution is -2.24. The zero-order valence-corrected chi connectivity index (χ0v) is 10.6. The summed E-state index contributed by atoms with van der Waals surface area (Å²) in [5.74, 6) is 0. The maximum Gasteiger partial charge on any atom is 0.0133 e. The Morgan fingerprint density at radius 2 is 1.24 bits per heavy atom. The van der Waals surface area contributed by atoms with Crippen molar-refractivity contribution in [3.05, 3.63) is 47.6 Å². The number of hydrogen-bond donors (Lipinski definition) is 0. The second kappa shape index (κ2) is 4.68. The molecule has 3 rings (SSSR count). The highest BCUT2D eigenvalue weighted by Gasteiger charge is 2.37. The standard InChI is InChI=1S/C17H22/c1-2-8-14-17(13-7-1,15-9-3-4-10-15)16-11-5-6-12-16/h3-6,9,11H,1-2,7-8,10,12-14H2. The van der Waals surface area contributed by atoms with Crippen LogP contribution in [-0.4, -0.2) is 0 Å². The van der Waals surface area contributed by atoms with Crippen LogP contribution in [0.3, 0.4) is 0 Å². The van der Waals surface area contributed by atoms with Crippen molar-refractivity contribution < 1.29 is 0 Å². The van der Waals surface area contributed by atoms with E-state index in [0.29, 0.717) is 5.41 Å². The molecule has 3 aliphatic rings. The van der Waals surface area contributed by atoms with Gasteiger partial charge in [-0.3, -0.25) is 0 Å². The van der Waals surface area contributed by atoms with Crippen LogP contribution in [0.1, 0.15) is 51.4 Å². The van der Waals surface area contributed by atoms with Crippen molar-refractivity contribution in [3.63, 3.8) is 0 Å². The summed E-state index contributed by atoms with van der Waals surface area (Å²) in [6, 6.07) is 0. The first-order chi connectivity index (χ1) is 8.42. The van der Waals surface area contributed by atoms with Gasteiger partial charge in [0, 0.05) is 5.41 Å². The molecule has 0 spiro atoms. The molecule has 0 heteroatoms. The second-order valence-corrected chi connectivity index (χ2v) is 5.64. The number of hydrogen-bond acceptors (Lipinski definition) is 0. The molecule has 0 aromatic heterocycles. The van der Waals surface area contributed by atoms with Gasteiger partial charge in [0.15, 0.2) is 0 Å². The van der Waals surface area contributed by atoms with E-state index in [1.165, 1.54) is 51.4 Å². The SMILES string of the molecule is C1=CCC(C2(C3=CC=CC3)CCCCCC2)=C1. The van der Waals surface area contributed by atoms with Crippen LogP contribution < -0.4 is 0 Å². The van der Waals surface area contributed by atoms with Crippen LogP contribution in [0.15, 0.2) is 47.6 Å². The van der Waals surface area contributed by atoms with Gasteiger partial charge < -0.3 is 0 Å². The van der Waals surface area contributed by atoms with E-state index in [1.807, 2.05) is 0 Å². The van der Waals surface area contributed by atoms with Gasteiger partial charge in [-0.15, -0.1) is 0 Å². The Hall–Kier alpha value is -1.04. The minimum Gasteiger partial charge on any atom is -0.0804 e. The Labute approximate surface area is 105 Å². The summed E-state index contributed by atoms with van der Waals surface area (Å²) in [4.78, 5) is 0. The van der Waals surface area contributed by atoms with Gasteiger partial charge in [-0.2, -0.15) is 0 Å². The van der Waals surface area contributed by atoms with E-state index in [1.54, 1.807) is 11.1 Å². The lowest BCUT2D eigenvalue weighted by atomic mass is 9.67. The number of allylic oxidation sites excluding steroid dienone is 8. The topological polar surface area (TPSA) is 0 Å². The molecule has 0 unspecified atom stereocenters. The lowest BCUT2D eigenvalue weighted by molar-refractivity contribution is 0.361. The molecular formula is C17H22. The van der Waals surface area contributed by atoms with E-state index in [-0.39, 0.29) is 0 Å². The molecule has 1 saturated carbocycles. The fourth-order valence-electron chi connectivity index (χ4n) is 3.78. The molecule has 90 valence electrons. The smallest absolute Gasteiger partial charge is 0.0133 e. The largest absolute Gasteiger partial charge is 0.0804 e. The van der Waals surface area contributed by atoms with Gasteiger partial charge in [-0.1, -0.05) is 73.3 Å². The molecule has 0 saturated heterocycles. The van der Waals surface area contributed by atoms with E-state index < -0.39 is 0 Å². The van der Waals surface area contributed by atoms with Crippen LogP contribution in [0, 0.1) is 5.41 Å². The quantitative estimate of drug-likeness (QED) is 0.575. The highest BCUT2D eigenvalue weighted by molar-refractivity contribution is 5.41. The third-order valence-corrected chi connectivity index (χ3v) is 4.73. The molecule has 0 nitrogen and oxygen atoms in total. The molecule has 0 bridgehead atoms. The van der Waals surface area contributed by atoms with Gasteiger partial charge in [0.25, 0.3) is 0 Å². The van der Waals surface area contributed by atoms with E-state index in [2.05, 4.69) is 36.5 Å². The molecule has 1 fully saturated rings. The molecular weight excluding hydrogens is 204 g/mol. The van der Waals surface area contributed by atoms with Crippen LogP contribution in [0.2, 0.25) is 0 Å². The Bertz CT molecular complexity index is 364. The monoisotopic (exact) mass is 226 g/mol. The molecule has 0 N–H and O–H groups in total. The van der Waals surface area contributed by atoms with Gasteiger partial charge in [-0.05, 0) is 25.7 Å². The molecule has 0 aromatic carbocycles. The fraction of sp³-hybridized carbons (Fsp3) is 0.529. The predicted molar refractivity (Wildman–Crippen MR) is 73.8 cm³/mol. The summed E-state index contributed by atoms with van der Waals surface area (Å²) in [5, 5.41) is 0. The van der Waals surface area contributed by atoms with E-state index in [0.717, 1.165) is 0 Å². The van der Waals surface area contributed by atoms with E-state index in [9.17, 15) is 0 Å². The van der Waals surface area contributed by atoms with Gasteiger partial charge in [-0.25, -0.2) is 0 Å². The Balaban J connectivity index is 1.93. The second-order valence-electron chi connectivity index (χ2n) is 5.64. The van der Waals surface area contributed by atoms with Crippen LogP contribution in [0.4, 0.5) is 0 Å². The summed E-state index contributed by atoms with van der Waals surface area (Å²) in [6.45, 7) is 0. The summed E-state index contributed by atoms with van der Waals surface area (Å²) < 4.78 is 0. The highest BCUT2D eigenvalue weighted by atomic mass is 14.4. The molecule has 17 heavy (non-hydrogen) atoms. The van der Waals surface area contributed by atoms with Crippen LogP contribution in [0.5, 0.6) is 0 Å². The Morgan fingerprint density at radius 3 is 1.65 bits per heavy atom. The first-order valence-corrected chi connectivity index (χ1v) is 7.14. The maximum atomic E-state index is 2.39. The average molecular weight is 226 g/mol. The minimum atomic E-state index is 0.420. The first-order valence-electron chi connectivity index (χ1n) is 7.14. The van der Waals surface area contributed by atoms with Crippen molar-refractivity contribution in [2.75, 3.05) is 0 Å². The lowest BCUT2D eigenvalue weighted by Gasteiger charge is -2.36. The van der Waals surface area contributed by atoms with Crippen molar-refractivity contribution in [3.8, 4) is 0 Å². The number of rotatable bonds is 2. The normalized spacial score (nSPS) is 26.8.